The minimum Gasteiger partial charge on any atom is -0.376 e. The molecule has 0 radical (unpaired) electrons. The number of rotatable bonds is 3. The molecule has 0 bridgehead atoms. The fourth-order valence-electron chi connectivity index (χ4n) is 0.872. The summed E-state index contributed by atoms with van der Waals surface area (Å²) in [6, 6.07) is 0. The van der Waals surface area contributed by atoms with Crippen molar-refractivity contribution in [3.8, 4) is 0 Å². The van der Waals surface area contributed by atoms with Crippen molar-refractivity contribution in [3.63, 3.8) is 0 Å². The van der Waals surface area contributed by atoms with Crippen molar-refractivity contribution in [1.29, 1.82) is 0 Å². The van der Waals surface area contributed by atoms with Gasteiger partial charge in [0.15, 0.2) is 4.77 Å². The van der Waals surface area contributed by atoms with Crippen molar-refractivity contribution in [2.75, 3.05) is 11.9 Å². The van der Waals surface area contributed by atoms with Crippen LogP contribution in [0, 0.1) is 4.77 Å². The summed E-state index contributed by atoms with van der Waals surface area (Å²) in [4.78, 5) is 13.8. The lowest BCUT2D eigenvalue weighted by Gasteiger charge is -2.04. The third kappa shape index (κ3) is 4.12. The second kappa shape index (κ2) is 7.00. The van der Waals surface area contributed by atoms with Crippen LogP contribution in [0.4, 0.5) is 5.69 Å². The first-order valence-corrected chi connectivity index (χ1v) is 5.20. The quantitative estimate of drug-likeness (QED) is 0.614. The van der Waals surface area contributed by atoms with E-state index in [-0.39, 0.29) is 5.56 Å². The van der Waals surface area contributed by atoms with Crippen molar-refractivity contribution in [1.82, 2.24) is 9.55 Å². The zero-order valence-corrected chi connectivity index (χ0v) is 10.1. The number of nitrogens with one attached hydrogen (secondary N) is 2. The maximum absolute atomic E-state index is 11.3. The van der Waals surface area contributed by atoms with E-state index in [1.54, 1.807) is 23.9 Å². The smallest absolute Gasteiger partial charge is 0.275 e. The van der Waals surface area contributed by atoms with Crippen LogP contribution < -0.4 is 10.9 Å². The van der Waals surface area contributed by atoms with E-state index >= 15 is 0 Å². The average Bonchev–Trinajstić information content (AvgIpc) is 2.24. The topological polar surface area (TPSA) is 49.8 Å². The summed E-state index contributed by atoms with van der Waals surface area (Å²) in [6.07, 6.45) is 3.34. The van der Waals surface area contributed by atoms with E-state index in [0.29, 0.717) is 17.0 Å². The summed E-state index contributed by atoms with van der Waals surface area (Å²) in [5, 5.41) is 2.90. The third-order valence-corrected chi connectivity index (χ3v) is 1.94. The molecular weight excluding hydrogens is 210 g/mol. The molecule has 1 aromatic heterocycles. The van der Waals surface area contributed by atoms with Crippen molar-refractivity contribution in [2.45, 2.75) is 13.8 Å². The maximum Gasteiger partial charge on any atom is 0.275 e. The van der Waals surface area contributed by atoms with E-state index in [9.17, 15) is 4.79 Å². The van der Waals surface area contributed by atoms with Crippen LogP contribution in [0.2, 0.25) is 0 Å². The van der Waals surface area contributed by atoms with E-state index in [1.165, 1.54) is 0 Å². The van der Waals surface area contributed by atoms with Crippen LogP contribution in [0.25, 0.3) is 0 Å². The molecule has 0 fully saturated rings. The molecule has 0 aliphatic heterocycles. The van der Waals surface area contributed by atoms with E-state index in [2.05, 4.69) is 16.9 Å². The number of hydrogen-bond acceptors (Lipinski definition) is 3. The van der Waals surface area contributed by atoms with Gasteiger partial charge < -0.3 is 9.88 Å². The zero-order valence-electron chi connectivity index (χ0n) is 9.33. The fraction of sp³-hybridized carbons (Fsp3) is 0.400. The summed E-state index contributed by atoms with van der Waals surface area (Å²) in [5.74, 6) is 0. The van der Waals surface area contributed by atoms with Gasteiger partial charge in [-0.1, -0.05) is 19.9 Å². The number of aryl methyl sites for hydroxylation is 1. The fourth-order valence-corrected chi connectivity index (χ4v) is 1.02. The normalized spacial score (nSPS) is 8.73. The molecule has 0 spiro atoms. The highest BCUT2D eigenvalue weighted by Crippen LogP contribution is 1.95. The lowest BCUT2D eigenvalue weighted by atomic mass is 10.5. The second-order valence-electron chi connectivity index (χ2n) is 2.58. The molecule has 1 aromatic rings. The monoisotopic (exact) mass is 227 g/mol. The van der Waals surface area contributed by atoms with E-state index in [1.807, 2.05) is 13.8 Å². The number of hydrogen-bond donors (Lipinski definition) is 2. The molecule has 0 saturated heterocycles. The van der Waals surface area contributed by atoms with Gasteiger partial charge in [-0.15, -0.1) is 6.58 Å². The van der Waals surface area contributed by atoms with Crippen LogP contribution in [0.15, 0.2) is 23.6 Å². The number of aromatic amines is 1. The molecule has 84 valence electrons. The number of aromatic nitrogens is 2. The van der Waals surface area contributed by atoms with Crippen LogP contribution in [0.5, 0.6) is 0 Å². The summed E-state index contributed by atoms with van der Waals surface area (Å²) in [5.41, 5.74) is 0.293. The van der Waals surface area contributed by atoms with Gasteiger partial charge >= 0.3 is 0 Å². The summed E-state index contributed by atoms with van der Waals surface area (Å²) >= 11 is 4.87. The third-order valence-electron chi connectivity index (χ3n) is 1.55. The van der Waals surface area contributed by atoms with Crippen molar-refractivity contribution in [3.05, 3.63) is 34.0 Å². The minimum atomic E-state index is -0.204. The summed E-state index contributed by atoms with van der Waals surface area (Å²) < 4.78 is 2.08. The molecule has 5 heteroatoms. The molecule has 0 aliphatic rings. The Morgan fingerprint density at radius 2 is 2.27 bits per heavy atom. The first-order chi connectivity index (χ1) is 7.15. The molecule has 4 nitrogen and oxygen atoms in total. The lowest BCUT2D eigenvalue weighted by Crippen LogP contribution is -2.17. The highest BCUT2D eigenvalue weighted by molar-refractivity contribution is 7.71. The highest BCUT2D eigenvalue weighted by Gasteiger charge is 1.97. The first-order valence-electron chi connectivity index (χ1n) is 4.80. The van der Waals surface area contributed by atoms with Gasteiger partial charge in [0.1, 0.15) is 5.69 Å². The molecule has 15 heavy (non-hydrogen) atoms. The Labute approximate surface area is 94.7 Å². The van der Waals surface area contributed by atoms with Gasteiger partial charge in [0.05, 0.1) is 0 Å². The Bertz CT molecular complexity index is 419. The van der Waals surface area contributed by atoms with Crippen molar-refractivity contribution < 1.29 is 0 Å². The molecule has 0 aliphatic carbocycles. The van der Waals surface area contributed by atoms with Crippen molar-refractivity contribution in [2.24, 2.45) is 7.05 Å². The van der Waals surface area contributed by atoms with Gasteiger partial charge in [-0.05, 0) is 12.2 Å². The number of anilines is 1. The average molecular weight is 227 g/mol. The second-order valence-corrected chi connectivity index (χ2v) is 2.97. The van der Waals surface area contributed by atoms with Crippen LogP contribution >= 0.6 is 12.2 Å². The highest BCUT2D eigenvalue weighted by atomic mass is 32.1. The van der Waals surface area contributed by atoms with Gasteiger partial charge in [0.2, 0.25) is 0 Å². The van der Waals surface area contributed by atoms with Crippen molar-refractivity contribution >= 4 is 17.9 Å². The molecule has 1 heterocycles. The molecule has 0 saturated carbocycles. The maximum atomic E-state index is 11.3. The Morgan fingerprint density at radius 1 is 1.67 bits per heavy atom. The van der Waals surface area contributed by atoms with Gasteiger partial charge in [-0.2, -0.15) is 0 Å². The predicted octanol–water partition coefficient (Wildman–Crippen LogP) is 2.07. The number of nitrogens with zero attached hydrogens (tertiary/aromatic N) is 1. The standard InChI is InChI=1S/C8H11N3OS.C2H6/c1-3-4-9-6-5-11(2)8(13)10-7(6)12;1-2/h3,5,9H,1,4H2,2H3,(H,10,12,13);1-2H3. The molecule has 0 amide bonds. The first kappa shape index (κ1) is 13.6. The lowest BCUT2D eigenvalue weighted by molar-refractivity contribution is 0.834. The van der Waals surface area contributed by atoms with Crippen LogP contribution in [0.3, 0.4) is 0 Å². The van der Waals surface area contributed by atoms with E-state index in [4.69, 9.17) is 12.2 Å². The molecule has 2 N–H and O–H groups in total. The SMILES string of the molecule is C=CCNc1cn(C)c(=S)[nH]c1=O.CC. The van der Waals surface area contributed by atoms with Gasteiger partial charge in [0.25, 0.3) is 5.56 Å². The summed E-state index contributed by atoms with van der Waals surface area (Å²) in [7, 11) is 1.78. The molecule has 1 rings (SSSR count). The molecule has 0 aromatic carbocycles. The Balaban J connectivity index is 0.000000921. The number of H-pyrrole nitrogens is 1. The largest absolute Gasteiger partial charge is 0.376 e. The zero-order chi connectivity index (χ0) is 11.8. The minimum absolute atomic E-state index is 0.204. The Morgan fingerprint density at radius 3 is 2.80 bits per heavy atom. The van der Waals surface area contributed by atoms with Gasteiger partial charge in [0, 0.05) is 19.8 Å². The molecule has 0 unspecified atom stereocenters. The Kier molecular flexibility index (Phi) is 6.37. The van der Waals surface area contributed by atoms with Gasteiger partial charge in [-0.25, -0.2) is 0 Å². The summed E-state index contributed by atoms with van der Waals surface area (Å²) in [6.45, 7) is 8.10. The Hall–Kier alpha value is -1.36. The van der Waals surface area contributed by atoms with Crippen LogP contribution in [0.1, 0.15) is 13.8 Å². The van der Waals surface area contributed by atoms with E-state index < -0.39 is 0 Å². The van der Waals surface area contributed by atoms with Crippen LogP contribution in [-0.2, 0) is 7.05 Å². The van der Waals surface area contributed by atoms with Gasteiger partial charge in [-0.3, -0.25) is 9.78 Å². The van der Waals surface area contributed by atoms with E-state index in [0.717, 1.165) is 0 Å². The van der Waals surface area contributed by atoms with Crippen LogP contribution in [-0.4, -0.2) is 16.1 Å². The molecule has 0 atom stereocenters. The molecular formula is C10H17N3OS. The predicted molar refractivity (Wildman–Crippen MR) is 66.9 cm³/mol.